The van der Waals surface area contributed by atoms with Gasteiger partial charge in [-0.2, -0.15) is 0 Å². The van der Waals surface area contributed by atoms with Crippen LogP contribution in [0.2, 0.25) is 0 Å². The van der Waals surface area contributed by atoms with Crippen molar-refractivity contribution >= 4 is 17.3 Å². The quantitative estimate of drug-likeness (QED) is 0.580. The van der Waals surface area contributed by atoms with Crippen LogP contribution < -0.4 is 11.1 Å². The van der Waals surface area contributed by atoms with E-state index in [4.69, 9.17) is 10.8 Å². The molecule has 0 radical (unpaired) electrons. The summed E-state index contributed by atoms with van der Waals surface area (Å²) in [5.74, 6) is -0.436. The molecule has 4 nitrogen and oxygen atoms in total. The summed E-state index contributed by atoms with van der Waals surface area (Å²) in [5.41, 5.74) is 7.66. The molecule has 0 fully saturated rings. The predicted octanol–water partition coefficient (Wildman–Crippen LogP) is 0.508. The van der Waals surface area contributed by atoms with Gasteiger partial charge in [0, 0.05) is 11.4 Å². The summed E-state index contributed by atoms with van der Waals surface area (Å²) in [6.45, 7) is 1.33. The first-order valence-corrected chi connectivity index (χ1v) is 3.90. The number of nitrogens with two attached hydrogens (primary N) is 1. The van der Waals surface area contributed by atoms with E-state index < -0.39 is 12.5 Å². The second-order valence-electron chi connectivity index (χ2n) is 2.78. The molecule has 1 aromatic rings. The van der Waals surface area contributed by atoms with Crippen LogP contribution in [0.5, 0.6) is 0 Å². The third-order valence-corrected chi connectivity index (χ3v) is 1.68. The van der Waals surface area contributed by atoms with E-state index in [0.717, 1.165) is 5.56 Å². The Morgan fingerprint density at radius 3 is 2.92 bits per heavy atom. The fourth-order valence-electron chi connectivity index (χ4n) is 0.964. The van der Waals surface area contributed by atoms with Crippen molar-refractivity contribution in [1.82, 2.24) is 0 Å². The van der Waals surface area contributed by atoms with Crippen molar-refractivity contribution in [2.45, 2.75) is 6.92 Å². The lowest BCUT2D eigenvalue weighted by Gasteiger charge is -2.07. The lowest BCUT2D eigenvalue weighted by molar-refractivity contribution is -0.118. The molecule has 0 spiro atoms. The van der Waals surface area contributed by atoms with Gasteiger partial charge < -0.3 is 16.2 Å². The minimum atomic E-state index is -0.520. The van der Waals surface area contributed by atoms with Gasteiger partial charge in [0.2, 0.25) is 5.91 Å². The number of anilines is 2. The predicted molar refractivity (Wildman–Crippen MR) is 51.3 cm³/mol. The van der Waals surface area contributed by atoms with Gasteiger partial charge in [-0.1, -0.05) is 6.07 Å². The van der Waals surface area contributed by atoms with Crippen LogP contribution in [0.1, 0.15) is 5.56 Å². The van der Waals surface area contributed by atoms with Crippen molar-refractivity contribution in [1.29, 1.82) is 0 Å². The number of aliphatic hydroxyl groups excluding tert-OH is 1. The van der Waals surface area contributed by atoms with Crippen LogP contribution in [0, 0.1) is 6.92 Å². The van der Waals surface area contributed by atoms with Crippen molar-refractivity contribution in [3.8, 4) is 0 Å². The van der Waals surface area contributed by atoms with E-state index in [1.54, 1.807) is 12.1 Å². The van der Waals surface area contributed by atoms with Crippen LogP contribution in [0.4, 0.5) is 11.4 Å². The maximum absolute atomic E-state index is 10.8. The molecule has 4 N–H and O–H groups in total. The van der Waals surface area contributed by atoms with Gasteiger partial charge in [-0.15, -0.1) is 0 Å². The van der Waals surface area contributed by atoms with Crippen molar-refractivity contribution in [2.75, 3.05) is 17.7 Å². The average molecular weight is 180 g/mol. The fourth-order valence-corrected chi connectivity index (χ4v) is 0.964. The highest BCUT2D eigenvalue weighted by Gasteiger charge is 2.02. The zero-order valence-corrected chi connectivity index (χ0v) is 7.37. The molecule has 0 bridgehead atoms. The number of hydrogen-bond acceptors (Lipinski definition) is 3. The summed E-state index contributed by atoms with van der Waals surface area (Å²) in [5, 5.41) is 11.0. The largest absolute Gasteiger partial charge is 0.399 e. The maximum Gasteiger partial charge on any atom is 0.250 e. The summed E-state index contributed by atoms with van der Waals surface area (Å²) in [4.78, 5) is 10.8. The molecule has 13 heavy (non-hydrogen) atoms. The standard InChI is InChI=1S/C9H12N2O2/c1-6-2-3-7(10)4-8(6)11-9(13)5-12/h2-4,12H,5,10H2,1H3,(H,11,13). The lowest BCUT2D eigenvalue weighted by Crippen LogP contribution is -2.16. The number of aryl methyl sites for hydroxylation is 1. The van der Waals surface area contributed by atoms with Gasteiger partial charge in [0.05, 0.1) is 0 Å². The normalized spacial score (nSPS) is 9.69. The second-order valence-corrected chi connectivity index (χ2v) is 2.78. The van der Waals surface area contributed by atoms with Gasteiger partial charge in [0.1, 0.15) is 6.61 Å². The Balaban J connectivity index is 2.87. The molecule has 0 heterocycles. The van der Waals surface area contributed by atoms with Gasteiger partial charge in [-0.3, -0.25) is 4.79 Å². The molecule has 0 aromatic heterocycles. The third kappa shape index (κ3) is 2.45. The summed E-state index contributed by atoms with van der Waals surface area (Å²) in [7, 11) is 0. The van der Waals surface area contributed by atoms with Crippen molar-refractivity contribution < 1.29 is 9.90 Å². The first-order chi connectivity index (χ1) is 6.13. The van der Waals surface area contributed by atoms with E-state index >= 15 is 0 Å². The fraction of sp³-hybridized carbons (Fsp3) is 0.222. The molecular weight excluding hydrogens is 168 g/mol. The number of carbonyl (C=O) groups is 1. The first kappa shape index (κ1) is 9.54. The highest BCUT2D eigenvalue weighted by atomic mass is 16.3. The molecule has 0 aliphatic heterocycles. The number of hydrogen-bond donors (Lipinski definition) is 3. The van der Waals surface area contributed by atoms with Crippen LogP contribution in [-0.2, 0) is 4.79 Å². The Labute approximate surface area is 76.4 Å². The molecule has 0 saturated carbocycles. The number of nitrogen functional groups attached to an aromatic ring is 1. The molecule has 0 atom stereocenters. The zero-order chi connectivity index (χ0) is 9.84. The van der Waals surface area contributed by atoms with E-state index in [0.29, 0.717) is 11.4 Å². The first-order valence-electron chi connectivity index (χ1n) is 3.90. The SMILES string of the molecule is Cc1ccc(N)cc1NC(=O)CO. The summed E-state index contributed by atoms with van der Waals surface area (Å²) >= 11 is 0. The summed E-state index contributed by atoms with van der Waals surface area (Å²) in [6.07, 6.45) is 0. The van der Waals surface area contributed by atoms with E-state index in [9.17, 15) is 4.79 Å². The minimum Gasteiger partial charge on any atom is -0.399 e. The topological polar surface area (TPSA) is 75.3 Å². The molecule has 1 rings (SSSR count). The van der Waals surface area contributed by atoms with E-state index in [1.165, 1.54) is 0 Å². The van der Waals surface area contributed by atoms with E-state index in [1.807, 2.05) is 13.0 Å². The Bertz CT molecular complexity index is 323. The van der Waals surface area contributed by atoms with E-state index in [2.05, 4.69) is 5.32 Å². The summed E-state index contributed by atoms with van der Waals surface area (Å²) < 4.78 is 0. The van der Waals surface area contributed by atoms with Crippen molar-refractivity contribution in [3.05, 3.63) is 23.8 Å². The Kier molecular flexibility index (Phi) is 2.87. The Hall–Kier alpha value is -1.55. The third-order valence-electron chi connectivity index (χ3n) is 1.68. The Morgan fingerprint density at radius 2 is 2.31 bits per heavy atom. The maximum atomic E-state index is 10.8. The molecule has 4 heteroatoms. The van der Waals surface area contributed by atoms with Crippen LogP contribution in [0.25, 0.3) is 0 Å². The van der Waals surface area contributed by atoms with Gasteiger partial charge in [-0.05, 0) is 24.6 Å². The van der Waals surface area contributed by atoms with Crippen LogP contribution in [0.15, 0.2) is 18.2 Å². The molecule has 0 aliphatic carbocycles. The molecule has 1 aromatic carbocycles. The minimum absolute atomic E-state index is 0.436. The number of aliphatic hydroxyl groups is 1. The second kappa shape index (κ2) is 3.91. The number of amides is 1. The average Bonchev–Trinajstić information content (AvgIpc) is 2.11. The number of carbonyl (C=O) groups excluding carboxylic acids is 1. The van der Waals surface area contributed by atoms with Crippen LogP contribution >= 0.6 is 0 Å². The molecular formula is C9H12N2O2. The summed E-state index contributed by atoms with van der Waals surface area (Å²) in [6, 6.07) is 5.22. The molecule has 0 aliphatic rings. The zero-order valence-electron chi connectivity index (χ0n) is 7.37. The highest BCUT2D eigenvalue weighted by molar-refractivity contribution is 5.92. The number of rotatable bonds is 2. The molecule has 0 unspecified atom stereocenters. The highest BCUT2D eigenvalue weighted by Crippen LogP contribution is 2.17. The Morgan fingerprint density at radius 1 is 1.62 bits per heavy atom. The van der Waals surface area contributed by atoms with Crippen LogP contribution in [0.3, 0.4) is 0 Å². The number of nitrogens with one attached hydrogen (secondary N) is 1. The van der Waals surface area contributed by atoms with Crippen molar-refractivity contribution in [2.24, 2.45) is 0 Å². The van der Waals surface area contributed by atoms with Gasteiger partial charge >= 0.3 is 0 Å². The monoisotopic (exact) mass is 180 g/mol. The lowest BCUT2D eigenvalue weighted by atomic mass is 10.2. The van der Waals surface area contributed by atoms with Crippen LogP contribution in [-0.4, -0.2) is 17.6 Å². The molecule has 1 amide bonds. The smallest absolute Gasteiger partial charge is 0.250 e. The molecule has 0 saturated heterocycles. The van der Waals surface area contributed by atoms with E-state index in [-0.39, 0.29) is 0 Å². The van der Waals surface area contributed by atoms with Crippen molar-refractivity contribution in [3.63, 3.8) is 0 Å². The van der Waals surface area contributed by atoms with Gasteiger partial charge in [0.15, 0.2) is 0 Å². The van der Waals surface area contributed by atoms with Gasteiger partial charge in [0.25, 0.3) is 0 Å². The molecule has 70 valence electrons. The number of benzene rings is 1. The van der Waals surface area contributed by atoms with Gasteiger partial charge in [-0.25, -0.2) is 0 Å².